The number of tetrazole rings is 1. The van der Waals surface area contributed by atoms with Gasteiger partial charge in [0, 0.05) is 14.7 Å². The van der Waals surface area contributed by atoms with Crippen molar-refractivity contribution in [1.29, 1.82) is 0 Å². The summed E-state index contributed by atoms with van der Waals surface area (Å²) in [6.07, 6.45) is 0. The van der Waals surface area contributed by atoms with Crippen molar-refractivity contribution in [2.45, 2.75) is 39.0 Å². The first-order valence-electron chi connectivity index (χ1n) is 4.96. The summed E-state index contributed by atoms with van der Waals surface area (Å²) < 4.78 is 6.90. The Balaban J connectivity index is 2.26. The van der Waals surface area contributed by atoms with Crippen LogP contribution in [-0.2, 0) is 18.1 Å². The molecule has 0 fully saturated rings. The molecule has 0 saturated carbocycles. The second kappa shape index (κ2) is 5.33. The van der Waals surface area contributed by atoms with E-state index in [1.165, 1.54) is 4.68 Å². The summed E-state index contributed by atoms with van der Waals surface area (Å²) in [5.41, 5.74) is 0. The smallest absolute Gasteiger partial charge is 0.179 e. The molecule has 6 nitrogen and oxygen atoms in total. The van der Waals surface area contributed by atoms with Gasteiger partial charge in [-0.1, -0.05) is 19.6 Å². The second-order valence-corrected chi connectivity index (χ2v) is 10.2. The Kier molecular flexibility index (Phi) is 4.37. The fourth-order valence-electron chi connectivity index (χ4n) is 0.966. The van der Waals surface area contributed by atoms with E-state index in [2.05, 4.69) is 35.2 Å². The highest BCUT2D eigenvalue weighted by atomic mass is 28.3. The largest absolute Gasteiger partial charge is 0.388 e. The van der Waals surface area contributed by atoms with Gasteiger partial charge in [0.15, 0.2) is 5.82 Å². The average Bonchev–Trinajstić information content (AvgIpc) is 2.58. The van der Waals surface area contributed by atoms with Crippen LogP contribution in [-0.4, -0.2) is 40.0 Å². The molecule has 0 amide bonds. The van der Waals surface area contributed by atoms with Gasteiger partial charge in [0.2, 0.25) is 0 Å². The molecule has 0 spiro atoms. The molecule has 0 unspecified atom stereocenters. The third kappa shape index (κ3) is 4.50. The Morgan fingerprint density at radius 2 is 2.13 bits per heavy atom. The van der Waals surface area contributed by atoms with Gasteiger partial charge in [-0.15, -0.1) is 5.10 Å². The Morgan fingerprint density at radius 3 is 2.73 bits per heavy atom. The van der Waals surface area contributed by atoms with E-state index in [9.17, 15) is 0 Å². The van der Waals surface area contributed by atoms with Gasteiger partial charge in [0.25, 0.3) is 0 Å². The Labute approximate surface area is 90.3 Å². The quantitative estimate of drug-likeness (QED) is 0.568. The minimum absolute atomic E-state index is 0.162. The van der Waals surface area contributed by atoms with Gasteiger partial charge in [-0.25, -0.2) is 4.68 Å². The van der Waals surface area contributed by atoms with E-state index in [0.29, 0.717) is 12.6 Å². The molecule has 0 radical (unpaired) electrons. The van der Waals surface area contributed by atoms with Crippen molar-refractivity contribution in [2.75, 3.05) is 6.61 Å². The molecule has 0 aliphatic rings. The fourth-order valence-corrected chi connectivity index (χ4v) is 1.72. The van der Waals surface area contributed by atoms with E-state index in [1.54, 1.807) is 0 Å². The zero-order chi connectivity index (χ0) is 11.3. The molecule has 1 rings (SSSR count). The highest BCUT2D eigenvalue weighted by molar-refractivity contribution is 6.76. The Morgan fingerprint density at radius 1 is 1.40 bits per heavy atom. The van der Waals surface area contributed by atoms with Crippen molar-refractivity contribution < 1.29 is 9.84 Å². The first-order valence-corrected chi connectivity index (χ1v) is 8.67. The van der Waals surface area contributed by atoms with Crippen LogP contribution < -0.4 is 0 Å². The van der Waals surface area contributed by atoms with Gasteiger partial charge in [-0.2, -0.15) is 0 Å². The zero-order valence-corrected chi connectivity index (χ0v) is 10.5. The summed E-state index contributed by atoms with van der Waals surface area (Å²) in [7, 11) is -1.04. The van der Waals surface area contributed by atoms with Crippen LogP contribution in [0.3, 0.4) is 0 Å². The number of aliphatic hydroxyl groups is 1. The number of aromatic nitrogens is 4. The van der Waals surface area contributed by atoms with Gasteiger partial charge in [0.05, 0.1) is 0 Å². The standard InChI is InChI=1S/C8H18N4O2Si/c1-15(2,3)5-4-14-7-12-8(6-13)9-10-11-12/h13H,4-7H2,1-3H3. The second-order valence-electron chi connectivity index (χ2n) is 4.60. The lowest BCUT2D eigenvalue weighted by Crippen LogP contribution is -2.22. The minimum atomic E-state index is -1.04. The van der Waals surface area contributed by atoms with Gasteiger partial charge < -0.3 is 9.84 Å². The molecule has 1 heterocycles. The van der Waals surface area contributed by atoms with Crippen LogP contribution in [0, 0.1) is 0 Å². The van der Waals surface area contributed by atoms with Crippen molar-refractivity contribution in [3.63, 3.8) is 0 Å². The van der Waals surface area contributed by atoms with E-state index in [4.69, 9.17) is 9.84 Å². The summed E-state index contributed by atoms with van der Waals surface area (Å²) in [6, 6.07) is 1.11. The number of hydrogen-bond acceptors (Lipinski definition) is 5. The van der Waals surface area contributed by atoms with Crippen LogP contribution in [0.1, 0.15) is 5.82 Å². The van der Waals surface area contributed by atoms with Crippen LogP contribution in [0.4, 0.5) is 0 Å². The van der Waals surface area contributed by atoms with Crippen molar-refractivity contribution in [3.8, 4) is 0 Å². The van der Waals surface area contributed by atoms with E-state index >= 15 is 0 Å². The Hall–Kier alpha value is -0.793. The number of ether oxygens (including phenoxy) is 1. The SMILES string of the molecule is C[Si](C)(C)CCOCn1nnnc1CO. The number of hydrogen-bond donors (Lipinski definition) is 1. The molecule has 0 aliphatic carbocycles. The van der Waals surface area contributed by atoms with Crippen LogP contribution >= 0.6 is 0 Å². The average molecular weight is 230 g/mol. The van der Waals surface area contributed by atoms with E-state index in [1.807, 2.05) is 0 Å². The van der Waals surface area contributed by atoms with Crippen LogP contribution in [0.5, 0.6) is 0 Å². The van der Waals surface area contributed by atoms with Crippen molar-refractivity contribution in [3.05, 3.63) is 5.82 Å². The molecule has 0 atom stereocenters. The number of rotatable bonds is 6. The van der Waals surface area contributed by atoms with Crippen molar-refractivity contribution >= 4 is 8.07 Å². The molecular formula is C8H18N4O2Si. The third-order valence-electron chi connectivity index (χ3n) is 1.96. The van der Waals surface area contributed by atoms with Gasteiger partial charge >= 0.3 is 0 Å². The predicted molar refractivity (Wildman–Crippen MR) is 57.8 cm³/mol. The normalized spacial score (nSPS) is 12.0. The molecule has 1 N–H and O–H groups in total. The van der Waals surface area contributed by atoms with Gasteiger partial charge in [0.1, 0.15) is 13.3 Å². The molecule has 0 bridgehead atoms. The molecule has 0 saturated heterocycles. The maximum Gasteiger partial charge on any atom is 0.179 e. The first-order chi connectivity index (χ1) is 7.03. The summed E-state index contributed by atoms with van der Waals surface area (Å²) in [5, 5.41) is 19.7. The summed E-state index contributed by atoms with van der Waals surface area (Å²) in [6.45, 7) is 7.77. The molecule has 1 aromatic rings. The molecule has 15 heavy (non-hydrogen) atoms. The lowest BCUT2D eigenvalue weighted by Gasteiger charge is -2.15. The number of aliphatic hydroxyl groups excluding tert-OH is 1. The highest BCUT2D eigenvalue weighted by Gasteiger charge is 2.12. The van der Waals surface area contributed by atoms with Crippen molar-refractivity contribution in [1.82, 2.24) is 20.2 Å². The van der Waals surface area contributed by atoms with Crippen LogP contribution in [0.25, 0.3) is 0 Å². The molecular weight excluding hydrogens is 212 g/mol. The maximum atomic E-state index is 8.88. The van der Waals surface area contributed by atoms with Crippen LogP contribution in [0.15, 0.2) is 0 Å². The third-order valence-corrected chi connectivity index (χ3v) is 3.66. The molecule has 0 aliphatic heterocycles. The molecule has 1 aromatic heterocycles. The van der Waals surface area contributed by atoms with Gasteiger partial charge in [-0.05, 0) is 16.5 Å². The summed E-state index contributed by atoms with van der Waals surface area (Å²) >= 11 is 0. The topological polar surface area (TPSA) is 73.1 Å². The lowest BCUT2D eigenvalue weighted by molar-refractivity contribution is 0.0716. The van der Waals surface area contributed by atoms with Crippen LogP contribution in [0.2, 0.25) is 25.7 Å². The van der Waals surface area contributed by atoms with E-state index < -0.39 is 8.07 Å². The highest BCUT2D eigenvalue weighted by Crippen LogP contribution is 2.07. The first kappa shape index (κ1) is 12.3. The predicted octanol–water partition coefficient (Wildman–Crippen LogP) is 0.478. The summed E-state index contributed by atoms with van der Waals surface area (Å²) in [5.74, 6) is 0.433. The fraction of sp³-hybridized carbons (Fsp3) is 0.875. The number of nitrogens with zero attached hydrogens (tertiary/aromatic N) is 4. The van der Waals surface area contributed by atoms with Crippen molar-refractivity contribution in [2.24, 2.45) is 0 Å². The molecule has 86 valence electrons. The monoisotopic (exact) mass is 230 g/mol. The Bertz CT molecular complexity index is 297. The maximum absolute atomic E-state index is 8.88. The van der Waals surface area contributed by atoms with E-state index in [0.717, 1.165) is 12.7 Å². The molecule has 7 heteroatoms. The lowest BCUT2D eigenvalue weighted by atomic mass is 10.7. The zero-order valence-electron chi connectivity index (χ0n) is 9.47. The molecule has 0 aromatic carbocycles. The summed E-state index contributed by atoms with van der Waals surface area (Å²) in [4.78, 5) is 0. The van der Waals surface area contributed by atoms with E-state index in [-0.39, 0.29) is 6.61 Å². The minimum Gasteiger partial charge on any atom is -0.388 e. The van der Waals surface area contributed by atoms with Gasteiger partial charge in [-0.3, -0.25) is 0 Å².